The van der Waals surface area contributed by atoms with Gasteiger partial charge in [0.15, 0.2) is 0 Å². The maximum Gasteiger partial charge on any atom is 0.365 e. The summed E-state index contributed by atoms with van der Waals surface area (Å²) in [5.41, 5.74) is -0.875. The van der Waals surface area contributed by atoms with Crippen LogP contribution in [0.5, 0.6) is 0 Å². The third-order valence-electron chi connectivity index (χ3n) is 1.70. The second-order valence-electron chi connectivity index (χ2n) is 2.71. The first-order valence-electron chi connectivity index (χ1n) is 3.55. The van der Waals surface area contributed by atoms with Gasteiger partial charge in [0, 0.05) is 14.1 Å². The molecular weight excluding hydrogens is 206 g/mol. The Morgan fingerprint density at radius 3 is 2.14 bits per heavy atom. The Morgan fingerprint density at radius 1 is 1.36 bits per heavy atom. The largest absolute Gasteiger partial charge is 0.365 e. The van der Waals surface area contributed by atoms with E-state index >= 15 is 0 Å². The van der Waals surface area contributed by atoms with E-state index < -0.39 is 23.9 Å². The molecule has 1 rings (SSSR count). The molecule has 0 atom stereocenters. The average Bonchev–Trinajstić information content (AvgIpc) is 2.33. The minimum Gasteiger partial charge on any atom is -0.277 e. The van der Waals surface area contributed by atoms with E-state index in [1.54, 1.807) is 0 Å². The van der Waals surface area contributed by atoms with Gasteiger partial charge in [-0.15, -0.1) is 5.10 Å². The summed E-state index contributed by atoms with van der Waals surface area (Å²) in [5, 5.41) is 3.04. The Labute approximate surface area is 75.8 Å². The number of rotatable bonds is 2. The van der Waals surface area contributed by atoms with Crippen molar-refractivity contribution in [2.75, 3.05) is 0 Å². The number of hydrogen-bond donors (Lipinski definition) is 0. The molecule has 1 aromatic rings. The molecule has 8 heteroatoms. The highest BCUT2D eigenvalue weighted by Gasteiger charge is 2.47. The number of hydrogen-bond acceptors (Lipinski definition) is 2. The lowest BCUT2D eigenvalue weighted by Gasteiger charge is -2.12. The Balaban J connectivity index is 3.33. The Hall–Kier alpha value is -1.34. The second kappa shape index (κ2) is 3.10. The third kappa shape index (κ3) is 1.40. The van der Waals surface area contributed by atoms with Crippen molar-refractivity contribution in [3.05, 3.63) is 16.3 Å². The fourth-order valence-corrected chi connectivity index (χ4v) is 0.947. The summed E-state index contributed by atoms with van der Waals surface area (Å²) >= 11 is 0. The van der Waals surface area contributed by atoms with Gasteiger partial charge in [0.25, 0.3) is 0 Å². The van der Waals surface area contributed by atoms with Crippen molar-refractivity contribution in [1.82, 2.24) is 14.3 Å². The van der Waals surface area contributed by atoms with E-state index in [4.69, 9.17) is 0 Å². The topological polar surface area (TPSA) is 39.8 Å². The predicted octanol–water partition coefficient (Wildman–Crippen LogP) is 0.476. The Kier molecular flexibility index (Phi) is 2.38. The molecule has 0 N–H and O–H groups in total. The fraction of sp³-hybridized carbons (Fsp3) is 0.667. The van der Waals surface area contributed by atoms with Crippen LogP contribution in [0.15, 0.2) is 4.79 Å². The van der Waals surface area contributed by atoms with Gasteiger partial charge in [-0.05, 0) is 0 Å². The lowest BCUT2D eigenvalue weighted by atomic mass is 10.3. The van der Waals surface area contributed by atoms with E-state index in [-0.39, 0.29) is 0 Å². The number of aryl methyl sites for hydroxylation is 1. The average molecular weight is 213 g/mol. The van der Waals surface area contributed by atoms with Crippen molar-refractivity contribution in [2.24, 2.45) is 14.1 Å². The van der Waals surface area contributed by atoms with Crippen LogP contribution < -0.4 is 5.69 Å². The normalized spacial score (nSPS) is 12.5. The summed E-state index contributed by atoms with van der Waals surface area (Å²) in [4.78, 5) is 10.9. The van der Waals surface area contributed by atoms with Crippen molar-refractivity contribution in [1.29, 1.82) is 0 Å². The van der Waals surface area contributed by atoms with Crippen LogP contribution in [-0.2, 0) is 20.0 Å². The zero-order chi connectivity index (χ0) is 11.1. The molecule has 80 valence electrons. The van der Waals surface area contributed by atoms with Crippen molar-refractivity contribution >= 4 is 0 Å². The Bertz CT molecular complexity index is 394. The molecule has 0 aliphatic carbocycles. The summed E-state index contributed by atoms with van der Waals surface area (Å²) in [5.74, 6) is -5.64. The first-order chi connectivity index (χ1) is 6.28. The third-order valence-corrected chi connectivity index (χ3v) is 1.70. The van der Waals surface area contributed by atoms with Gasteiger partial charge < -0.3 is 0 Å². The van der Waals surface area contributed by atoms with E-state index in [2.05, 4.69) is 5.10 Å². The molecule has 0 saturated carbocycles. The number of alkyl halides is 4. The van der Waals surface area contributed by atoms with Crippen LogP contribution >= 0.6 is 0 Å². The maximum absolute atomic E-state index is 12.7. The number of aromatic nitrogens is 3. The van der Waals surface area contributed by atoms with Gasteiger partial charge in [-0.2, -0.15) is 8.78 Å². The summed E-state index contributed by atoms with van der Waals surface area (Å²) in [6, 6.07) is 0. The molecule has 0 radical (unpaired) electrons. The molecule has 1 heterocycles. The van der Waals surface area contributed by atoms with Crippen molar-refractivity contribution in [3.63, 3.8) is 0 Å². The van der Waals surface area contributed by atoms with Gasteiger partial charge in [-0.25, -0.2) is 18.3 Å². The number of nitrogens with zero attached hydrogens (tertiary/aromatic N) is 3. The molecular formula is C6H7F4N3O. The summed E-state index contributed by atoms with van der Waals surface area (Å²) in [7, 11) is 2.06. The van der Waals surface area contributed by atoms with Crippen LogP contribution in [0.1, 0.15) is 5.82 Å². The van der Waals surface area contributed by atoms with E-state index in [0.717, 1.165) is 14.1 Å². The monoisotopic (exact) mass is 213 g/mol. The summed E-state index contributed by atoms with van der Waals surface area (Å²) in [6.45, 7) is 0. The molecule has 0 fully saturated rings. The predicted molar refractivity (Wildman–Crippen MR) is 38.3 cm³/mol. The van der Waals surface area contributed by atoms with Crippen LogP contribution in [0.2, 0.25) is 0 Å². The van der Waals surface area contributed by atoms with E-state index in [1.165, 1.54) is 0 Å². The van der Waals surface area contributed by atoms with E-state index in [9.17, 15) is 22.4 Å². The zero-order valence-electron chi connectivity index (χ0n) is 7.34. The highest BCUT2D eigenvalue weighted by molar-refractivity contribution is 4.98. The molecule has 0 saturated heterocycles. The van der Waals surface area contributed by atoms with Crippen LogP contribution in [0.4, 0.5) is 17.6 Å². The molecule has 14 heavy (non-hydrogen) atoms. The minimum atomic E-state index is -4.41. The molecule has 0 unspecified atom stereocenters. The van der Waals surface area contributed by atoms with Crippen molar-refractivity contribution < 1.29 is 17.6 Å². The molecule has 0 bridgehead atoms. The fourth-order valence-electron chi connectivity index (χ4n) is 0.947. The first kappa shape index (κ1) is 10.7. The molecule has 4 nitrogen and oxygen atoms in total. The van der Waals surface area contributed by atoms with Crippen LogP contribution in [0.3, 0.4) is 0 Å². The lowest BCUT2D eigenvalue weighted by molar-refractivity contribution is -0.142. The summed E-state index contributed by atoms with van der Waals surface area (Å²) < 4.78 is 50.3. The second-order valence-corrected chi connectivity index (χ2v) is 2.71. The molecule has 1 aromatic heterocycles. The zero-order valence-corrected chi connectivity index (χ0v) is 7.34. The SMILES string of the molecule is Cn1nc(C(F)(F)C(F)F)n(C)c1=O. The van der Waals surface area contributed by atoms with E-state index in [1.807, 2.05) is 0 Å². The van der Waals surface area contributed by atoms with E-state index in [0.29, 0.717) is 9.25 Å². The highest BCUT2D eigenvalue weighted by Crippen LogP contribution is 2.31. The lowest BCUT2D eigenvalue weighted by Crippen LogP contribution is -2.29. The first-order valence-corrected chi connectivity index (χ1v) is 3.55. The molecule has 0 amide bonds. The van der Waals surface area contributed by atoms with Gasteiger partial charge in [0.05, 0.1) is 0 Å². The van der Waals surface area contributed by atoms with Gasteiger partial charge >= 0.3 is 18.0 Å². The van der Waals surface area contributed by atoms with Crippen LogP contribution in [-0.4, -0.2) is 20.8 Å². The summed E-state index contributed by atoms with van der Waals surface area (Å²) in [6.07, 6.45) is -3.89. The van der Waals surface area contributed by atoms with Gasteiger partial charge in [0.2, 0.25) is 5.82 Å². The van der Waals surface area contributed by atoms with Crippen LogP contribution in [0.25, 0.3) is 0 Å². The quantitative estimate of drug-likeness (QED) is 0.670. The van der Waals surface area contributed by atoms with Crippen molar-refractivity contribution in [3.8, 4) is 0 Å². The van der Waals surface area contributed by atoms with Gasteiger partial charge in [0.1, 0.15) is 0 Å². The van der Waals surface area contributed by atoms with Gasteiger partial charge in [-0.1, -0.05) is 0 Å². The minimum absolute atomic E-state index is 0.395. The van der Waals surface area contributed by atoms with Crippen LogP contribution in [0, 0.1) is 0 Å². The number of halogens is 4. The smallest absolute Gasteiger partial charge is 0.277 e. The molecule has 0 aromatic carbocycles. The van der Waals surface area contributed by atoms with Crippen molar-refractivity contribution in [2.45, 2.75) is 12.3 Å². The molecule has 0 aliphatic heterocycles. The Morgan fingerprint density at radius 2 is 1.86 bits per heavy atom. The van der Waals surface area contributed by atoms with Gasteiger partial charge in [-0.3, -0.25) is 4.57 Å². The highest BCUT2D eigenvalue weighted by atomic mass is 19.3. The molecule has 0 aliphatic rings. The standard InChI is InChI=1S/C6H7F4N3O/c1-12-4(6(9,10)3(7)8)11-13(2)5(12)14/h3H,1-2H3. The maximum atomic E-state index is 12.7. The molecule has 0 spiro atoms.